The van der Waals surface area contributed by atoms with Crippen molar-refractivity contribution in [2.75, 3.05) is 4.90 Å². The van der Waals surface area contributed by atoms with Crippen LogP contribution in [-0.4, -0.2) is 21.8 Å². The average molecular weight is 260 g/mol. The summed E-state index contributed by atoms with van der Waals surface area (Å²) >= 11 is 5.72. The molecule has 1 aliphatic rings. The number of nitrogens with zero attached hydrogens (tertiary/aromatic N) is 3. The van der Waals surface area contributed by atoms with E-state index in [1.165, 1.54) is 18.5 Å². The number of halogens is 1. The fourth-order valence-electron chi connectivity index (χ4n) is 1.78. The van der Waals surface area contributed by atoms with Gasteiger partial charge in [-0.3, -0.25) is 14.6 Å². The number of anilines is 1. The number of aromatic nitrogens is 2. The number of hydrogen-bond donors (Lipinski definition) is 0. The Hall–Kier alpha value is -2.27. The number of pyridine rings is 2. The van der Waals surface area contributed by atoms with Crippen LogP contribution in [0, 0.1) is 0 Å². The second-order valence-electron chi connectivity index (χ2n) is 3.68. The van der Waals surface area contributed by atoms with Crippen LogP contribution >= 0.6 is 11.6 Å². The summed E-state index contributed by atoms with van der Waals surface area (Å²) in [5.41, 5.74) is 0.443. The monoisotopic (exact) mass is 259 g/mol. The molecule has 6 heteroatoms. The van der Waals surface area contributed by atoms with Crippen LogP contribution in [0.25, 0.3) is 0 Å². The fraction of sp³-hybridized carbons (Fsp3) is 0. The summed E-state index contributed by atoms with van der Waals surface area (Å²) in [7, 11) is 0. The Balaban J connectivity index is 2.09. The first kappa shape index (κ1) is 10.9. The Kier molecular flexibility index (Phi) is 2.34. The standard InChI is InChI=1S/C12H6ClN3O2/c13-7-3-4-9(15-6-7)16-11(17)8-2-1-5-14-10(8)12(16)18/h1-6H. The smallest absolute Gasteiger partial charge is 0.268 e. The maximum Gasteiger partial charge on any atom is 0.285 e. The van der Waals surface area contributed by atoms with Gasteiger partial charge >= 0.3 is 0 Å². The first-order valence-corrected chi connectivity index (χ1v) is 5.51. The maximum atomic E-state index is 12.1. The van der Waals surface area contributed by atoms with Crippen molar-refractivity contribution in [2.24, 2.45) is 0 Å². The topological polar surface area (TPSA) is 63.2 Å². The molecule has 0 aliphatic carbocycles. The predicted molar refractivity (Wildman–Crippen MR) is 64.6 cm³/mol. The van der Waals surface area contributed by atoms with E-state index < -0.39 is 11.8 Å². The highest BCUT2D eigenvalue weighted by atomic mass is 35.5. The molecule has 0 spiro atoms. The number of amides is 2. The minimum atomic E-state index is -0.467. The van der Waals surface area contributed by atoms with E-state index >= 15 is 0 Å². The zero-order valence-electron chi connectivity index (χ0n) is 9.00. The van der Waals surface area contributed by atoms with E-state index in [4.69, 9.17) is 11.6 Å². The van der Waals surface area contributed by atoms with E-state index in [1.807, 2.05) is 0 Å². The SMILES string of the molecule is O=C1c2cccnc2C(=O)N1c1ccc(Cl)cn1. The molecular formula is C12H6ClN3O2. The highest BCUT2D eigenvalue weighted by Gasteiger charge is 2.38. The summed E-state index contributed by atoms with van der Waals surface area (Å²) in [5, 5.41) is 0.438. The zero-order valence-corrected chi connectivity index (χ0v) is 9.76. The average Bonchev–Trinajstić information content (AvgIpc) is 2.64. The first-order chi connectivity index (χ1) is 8.68. The number of carbonyl (C=O) groups excluding carboxylic acids is 2. The molecule has 0 fully saturated rings. The largest absolute Gasteiger partial charge is 0.285 e. The van der Waals surface area contributed by atoms with Gasteiger partial charge in [-0.2, -0.15) is 0 Å². The summed E-state index contributed by atoms with van der Waals surface area (Å²) in [6.07, 6.45) is 2.86. The minimum Gasteiger partial charge on any atom is -0.268 e. The van der Waals surface area contributed by atoms with E-state index in [-0.39, 0.29) is 11.5 Å². The molecule has 0 unspecified atom stereocenters. The number of imide groups is 1. The van der Waals surface area contributed by atoms with Crippen LogP contribution in [0.1, 0.15) is 20.8 Å². The molecule has 0 bridgehead atoms. The lowest BCUT2D eigenvalue weighted by Crippen LogP contribution is -2.30. The lowest BCUT2D eigenvalue weighted by Gasteiger charge is -2.11. The molecule has 88 valence electrons. The zero-order chi connectivity index (χ0) is 12.7. The summed E-state index contributed by atoms with van der Waals surface area (Å²) < 4.78 is 0. The van der Waals surface area contributed by atoms with Crippen molar-refractivity contribution >= 4 is 29.2 Å². The third kappa shape index (κ3) is 1.48. The Morgan fingerprint density at radius 1 is 1.06 bits per heavy atom. The number of fused-ring (bicyclic) bond motifs is 1. The van der Waals surface area contributed by atoms with Crippen LogP contribution in [0.5, 0.6) is 0 Å². The van der Waals surface area contributed by atoms with Crippen molar-refractivity contribution in [1.82, 2.24) is 9.97 Å². The molecule has 5 nitrogen and oxygen atoms in total. The molecule has 3 heterocycles. The van der Waals surface area contributed by atoms with Crippen LogP contribution in [0.2, 0.25) is 5.02 Å². The van der Waals surface area contributed by atoms with Crippen LogP contribution in [-0.2, 0) is 0 Å². The van der Waals surface area contributed by atoms with Gasteiger partial charge < -0.3 is 0 Å². The highest BCUT2D eigenvalue weighted by Crippen LogP contribution is 2.25. The molecule has 0 N–H and O–H groups in total. The molecule has 0 radical (unpaired) electrons. The third-order valence-corrected chi connectivity index (χ3v) is 2.81. The number of rotatable bonds is 1. The summed E-state index contributed by atoms with van der Waals surface area (Å²) in [5.74, 6) is -0.643. The van der Waals surface area contributed by atoms with Gasteiger partial charge in [0.1, 0.15) is 11.5 Å². The van der Waals surface area contributed by atoms with E-state index in [1.54, 1.807) is 18.2 Å². The van der Waals surface area contributed by atoms with Crippen LogP contribution in [0.3, 0.4) is 0 Å². The lowest BCUT2D eigenvalue weighted by molar-refractivity contribution is 0.0923. The van der Waals surface area contributed by atoms with Gasteiger partial charge in [-0.1, -0.05) is 11.6 Å². The van der Waals surface area contributed by atoms with Crippen LogP contribution in [0.15, 0.2) is 36.7 Å². The van der Waals surface area contributed by atoms with E-state index in [0.717, 1.165) is 4.90 Å². The Morgan fingerprint density at radius 2 is 1.89 bits per heavy atom. The third-order valence-electron chi connectivity index (χ3n) is 2.59. The second-order valence-corrected chi connectivity index (χ2v) is 4.12. The quantitative estimate of drug-likeness (QED) is 0.734. The number of carbonyl (C=O) groups is 2. The van der Waals surface area contributed by atoms with Gasteiger partial charge in [0.2, 0.25) is 0 Å². The Labute approximate surface area is 107 Å². The second kappa shape index (κ2) is 3.89. The molecule has 18 heavy (non-hydrogen) atoms. The fourth-order valence-corrected chi connectivity index (χ4v) is 1.89. The molecule has 0 atom stereocenters. The van der Waals surface area contributed by atoms with Crippen LogP contribution in [0.4, 0.5) is 5.82 Å². The molecule has 2 aromatic heterocycles. The molecule has 1 aliphatic heterocycles. The van der Waals surface area contributed by atoms with Gasteiger partial charge in [0.05, 0.1) is 10.6 Å². The van der Waals surface area contributed by atoms with Crippen LogP contribution < -0.4 is 4.90 Å². The van der Waals surface area contributed by atoms with Gasteiger partial charge in [0.25, 0.3) is 11.8 Å². The number of hydrogen-bond acceptors (Lipinski definition) is 4. The predicted octanol–water partition coefficient (Wildman–Crippen LogP) is 1.93. The molecular weight excluding hydrogens is 254 g/mol. The lowest BCUT2D eigenvalue weighted by atomic mass is 10.2. The first-order valence-electron chi connectivity index (χ1n) is 5.14. The van der Waals surface area contributed by atoms with Gasteiger partial charge in [-0.25, -0.2) is 9.88 Å². The highest BCUT2D eigenvalue weighted by molar-refractivity contribution is 6.33. The van der Waals surface area contributed by atoms with Crippen molar-refractivity contribution in [3.63, 3.8) is 0 Å². The summed E-state index contributed by atoms with van der Waals surface area (Å²) in [6, 6.07) is 6.27. The summed E-state index contributed by atoms with van der Waals surface area (Å²) in [4.78, 5) is 33.0. The van der Waals surface area contributed by atoms with Gasteiger partial charge in [0.15, 0.2) is 0 Å². The molecule has 0 aromatic carbocycles. The van der Waals surface area contributed by atoms with E-state index in [9.17, 15) is 9.59 Å². The Bertz CT molecular complexity index is 620. The normalized spacial score (nSPS) is 13.9. The van der Waals surface area contributed by atoms with Crippen molar-refractivity contribution in [3.8, 4) is 0 Å². The maximum absolute atomic E-state index is 12.1. The van der Waals surface area contributed by atoms with Gasteiger partial charge in [-0.15, -0.1) is 0 Å². The van der Waals surface area contributed by atoms with Crippen molar-refractivity contribution in [2.45, 2.75) is 0 Å². The summed E-state index contributed by atoms with van der Waals surface area (Å²) in [6.45, 7) is 0. The van der Waals surface area contributed by atoms with Gasteiger partial charge in [0, 0.05) is 12.4 Å². The molecule has 2 amide bonds. The van der Waals surface area contributed by atoms with Gasteiger partial charge in [-0.05, 0) is 24.3 Å². The molecule has 3 rings (SSSR count). The van der Waals surface area contributed by atoms with E-state index in [2.05, 4.69) is 9.97 Å². The molecule has 0 saturated heterocycles. The minimum absolute atomic E-state index is 0.152. The molecule has 0 saturated carbocycles. The van der Waals surface area contributed by atoms with Crippen molar-refractivity contribution in [3.05, 3.63) is 52.9 Å². The van der Waals surface area contributed by atoms with E-state index in [0.29, 0.717) is 10.6 Å². The Morgan fingerprint density at radius 3 is 2.56 bits per heavy atom. The van der Waals surface area contributed by atoms with Crippen molar-refractivity contribution < 1.29 is 9.59 Å². The molecule has 2 aromatic rings. The van der Waals surface area contributed by atoms with Crippen molar-refractivity contribution in [1.29, 1.82) is 0 Å².